The predicted octanol–water partition coefficient (Wildman–Crippen LogP) is 5.58. The number of nitrogens with zero attached hydrogens (tertiary/aromatic N) is 2. The molecule has 0 spiro atoms. The molecular formula is C25H22N2O4S. The number of aryl methyl sites for hydroxylation is 1. The Balaban J connectivity index is 1.83. The minimum Gasteiger partial charge on any atom is -0.480 e. The van der Waals surface area contributed by atoms with Gasteiger partial charge in [-0.05, 0) is 49.7 Å². The van der Waals surface area contributed by atoms with Crippen LogP contribution in [0.15, 0.2) is 77.8 Å². The number of benzene rings is 3. The van der Waals surface area contributed by atoms with Crippen molar-refractivity contribution >= 4 is 33.4 Å². The second-order valence-electron chi connectivity index (χ2n) is 7.34. The molecule has 0 aliphatic carbocycles. The molecule has 6 nitrogen and oxygen atoms in total. The molecule has 1 N–H and O–H groups in total. The van der Waals surface area contributed by atoms with Gasteiger partial charge in [-0.1, -0.05) is 54.2 Å². The molecule has 1 atom stereocenters. The van der Waals surface area contributed by atoms with E-state index in [1.165, 1.54) is 11.3 Å². The number of carbonyl (C=O) groups is 2. The van der Waals surface area contributed by atoms with Crippen molar-refractivity contribution in [2.75, 3.05) is 0 Å². The molecule has 1 amide bonds. The lowest BCUT2D eigenvalue weighted by Crippen LogP contribution is -2.27. The van der Waals surface area contributed by atoms with Crippen LogP contribution in [0.1, 0.15) is 35.3 Å². The van der Waals surface area contributed by atoms with Gasteiger partial charge in [0, 0.05) is 11.6 Å². The first kappa shape index (κ1) is 21.5. The molecule has 0 radical (unpaired) electrons. The first-order valence-electron chi connectivity index (χ1n) is 10.2. The summed E-state index contributed by atoms with van der Waals surface area (Å²) in [6, 6.07) is 21.1. The van der Waals surface area contributed by atoms with E-state index in [2.05, 4.69) is 4.99 Å². The van der Waals surface area contributed by atoms with Gasteiger partial charge in [0.1, 0.15) is 17.5 Å². The number of carboxylic acid groups (broad SMARTS) is 1. The molecule has 4 aromatic rings. The lowest BCUT2D eigenvalue weighted by Gasteiger charge is -2.13. The monoisotopic (exact) mass is 446 g/mol. The normalized spacial score (nSPS) is 12.6. The van der Waals surface area contributed by atoms with Gasteiger partial charge in [0.05, 0.1) is 10.2 Å². The summed E-state index contributed by atoms with van der Waals surface area (Å²) < 4.78 is 8.33. The molecule has 32 heavy (non-hydrogen) atoms. The second-order valence-corrected chi connectivity index (χ2v) is 8.35. The molecule has 4 rings (SSSR count). The van der Waals surface area contributed by atoms with Gasteiger partial charge in [-0.25, -0.2) is 4.79 Å². The fourth-order valence-electron chi connectivity index (χ4n) is 3.41. The number of thiazole rings is 1. The van der Waals surface area contributed by atoms with Gasteiger partial charge in [-0.2, -0.15) is 4.99 Å². The molecule has 0 fully saturated rings. The Kier molecular flexibility index (Phi) is 6.18. The number of carbonyl (C=O) groups excluding carboxylic acids is 1. The van der Waals surface area contributed by atoms with Crippen LogP contribution >= 0.6 is 11.3 Å². The first-order valence-corrected chi connectivity index (χ1v) is 11.0. The van der Waals surface area contributed by atoms with Gasteiger partial charge in [0.15, 0.2) is 4.80 Å². The molecule has 0 saturated carbocycles. The summed E-state index contributed by atoms with van der Waals surface area (Å²) >= 11 is 1.27. The van der Waals surface area contributed by atoms with Crippen LogP contribution in [0.3, 0.4) is 0 Å². The first-order chi connectivity index (χ1) is 15.5. The summed E-state index contributed by atoms with van der Waals surface area (Å²) in [5, 5.41) is 9.79. The number of aliphatic carboxylic acids is 1. The number of amides is 1. The minimum absolute atomic E-state index is 0.344. The Morgan fingerprint density at radius 3 is 2.41 bits per heavy atom. The Hall–Kier alpha value is -3.71. The lowest BCUT2D eigenvalue weighted by atomic mass is 10.1. The maximum Gasteiger partial charge on any atom is 0.326 e. The molecular weight excluding hydrogens is 424 g/mol. The fraction of sp³-hybridized carbons (Fsp3) is 0.160. The van der Waals surface area contributed by atoms with Crippen molar-refractivity contribution in [2.45, 2.75) is 26.3 Å². The number of carboxylic acids is 1. The highest BCUT2D eigenvalue weighted by molar-refractivity contribution is 7.16. The molecule has 1 aromatic heterocycles. The maximum absolute atomic E-state index is 12.8. The Bertz CT molecular complexity index is 1340. The SMILES string of the molecule is CCC(C(=O)O)n1/c(=N/C(=O)c2ccc(C)cc2)sc2cc(Oc3ccccc3)ccc21. The van der Waals surface area contributed by atoms with Crippen molar-refractivity contribution in [3.63, 3.8) is 0 Å². The third-order valence-corrected chi connectivity index (χ3v) is 6.07. The second kappa shape index (κ2) is 9.20. The fourth-order valence-corrected chi connectivity index (χ4v) is 4.50. The van der Waals surface area contributed by atoms with E-state index < -0.39 is 17.9 Å². The van der Waals surface area contributed by atoms with Crippen LogP contribution in [0.4, 0.5) is 0 Å². The average Bonchev–Trinajstić information content (AvgIpc) is 3.12. The third-order valence-electron chi connectivity index (χ3n) is 5.06. The van der Waals surface area contributed by atoms with Crippen LogP contribution < -0.4 is 9.54 Å². The molecule has 3 aromatic carbocycles. The van der Waals surface area contributed by atoms with Crippen molar-refractivity contribution < 1.29 is 19.4 Å². The van der Waals surface area contributed by atoms with E-state index in [4.69, 9.17) is 4.74 Å². The van der Waals surface area contributed by atoms with Gasteiger partial charge in [-0.15, -0.1) is 0 Å². The van der Waals surface area contributed by atoms with Crippen LogP contribution in [-0.4, -0.2) is 21.6 Å². The van der Waals surface area contributed by atoms with E-state index in [-0.39, 0.29) is 0 Å². The molecule has 7 heteroatoms. The Morgan fingerprint density at radius 1 is 1.03 bits per heavy atom. The molecule has 1 unspecified atom stereocenters. The Morgan fingerprint density at radius 2 is 1.75 bits per heavy atom. The van der Waals surface area contributed by atoms with Crippen molar-refractivity contribution in [1.29, 1.82) is 0 Å². The largest absolute Gasteiger partial charge is 0.480 e. The van der Waals surface area contributed by atoms with Crippen LogP contribution in [0, 0.1) is 6.92 Å². The summed E-state index contributed by atoms with van der Waals surface area (Å²) in [6.45, 7) is 3.74. The van der Waals surface area contributed by atoms with Crippen LogP contribution in [0.2, 0.25) is 0 Å². The van der Waals surface area contributed by atoms with Gasteiger partial charge in [0.25, 0.3) is 5.91 Å². The zero-order chi connectivity index (χ0) is 22.7. The van der Waals surface area contributed by atoms with E-state index in [1.807, 2.05) is 61.5 Å². The van der Waals surface area contributed by atoms with Gasteiger partial charge >= 0.3 is 5.97 Å². The number of hydrogen-bond acceptors (Lipinski definition) is 4. The summed E-state index contributed by atoms with van der Waals surface area (Å²) in [4.78, 5) is 29.4. The summed E-state index contributed by atoms with van der Waals surface area (Å²) in [5.41, 5.74) is 2.19. The van der Waals surface area contributed by atoms with Crippen molar-refractivity contribution in [3.8, 4) is 11.5 Å². The highest BCUT2D eigenvalue weighted by Crippen LogP contribution is 2.29. The molecule has 0 aliphatic heterocycles. The summed E-state index contributed by atoms with van der Waals surface area (Å²) in [7, 11) is 0. The van der Waals surface area contributed by atoms with Gasteiger partial charge < -0.3 is 14.4 Å². The van der Waals surface area contributed by atoms with E-state index in [9.17, 15) is 14.7 Å². The summed E-state index contributed by atoms with van der Waals surface area (Å²) in [5.74, 6) is -0.0584. The highest BCUT2D eigenvalue weighted by atomic mass is 32.1. The number of aromatic nitrogens is 1. The van der Waals surface area contributed by atoms with Crippen LogP contribution in [0.5, 0.6) is 11.5 Å². The molecule has 0 aliphatic rings. The number of fused-ring (bicyclic) bond motifs is 1. The molecule has 0 bridgehead atoms. The van der Waals surface area contributed by atoms with Gasteiger partial charge in [-0.3, -0.25) is 4.79 Å². The topological polar surface area (TPSA) is 80.9 Å². The zero-order valence-corrected chi connectivity index (χ0v) is 18.5. The predicted molar refractivity (Wildman–Crippen MR) is 124 cm³/mol. The number of rotatable bonds is 6. The third kappa shape index (κ3) is 4.48. The van der Waals surface area contributed by atoms with Crippen molar-refractivity contribution in [2.24, 2.45) is 4.99 Å². The number of para-hydroxylation sites is 1. The average molecular weight is 447 g/mol. The van der Waals surface area contributed by atoms with Gasteiger partial charge in [0.2, 0.25) is 0 Å². The molecule has 0 saturated heterocycles. The van der Waals surface area contributed by atoms with E-state index in [0.717, 1.165) is 10.3 Å². The summed E-state index contributed by atoms with van der Waals surface area (Å²) in [6.07, 6.45) is 0.356. The standard InChI is InChI=1S/C25H22N2O4S/c1-3-20(24(29)30)27-21-14-13-19(31-18-7-5-4-6-8-18)15-22(21)32-25(27)26-23(28)17-11-9-16(2)10-12-17/h4-15,20H,3H2,1-2H3,(H,29,30)/b26-25-. The maximum atomic E-state index is 12.8. The zero-order valence-electron chi connectivity index (χ0n) is 17.7. The highest BCUT2D eigenvalue weighted by Gasteiger charge is 2.22. The lowest BCUT2D eigenvalue weighted by molar-refractivity contribution is -0.140. The van der Waals surface area contributed by atoms with Crippen molar-refractivity contribution in [3.05, 3.63) is 88.7 Å². The van der Waals surface area contributed by atoms with E-state index in [0.29, 0.717) is 33.8 Å². The molecule has 1 heterocycles. The quantitative estimate of drug-likeness (QED) is 0.419. The Labute approximate surface area is 189 Å². The van der Waals surface area contributed by atoms with E-state index >= 15 is 0 Å². The van der Waals surface area contributed by atoms with Crippen LogP contribution in [0.25, 0.3) is 10.2 Å². The molecule has 162 valence electrons. The van der Waals surface area contributed by atoms with Crippen molar-refractivity contribution in [1.82, 2.24) is 4.57 Å². The minimum atomic E-state index is -0.971. The van der Waals surface area contributed by atoms with E-state index in [1.54, 1.807) is 29.7 Å². The number of ether oxygens (including phenoxy) is 1. The smallest absolute Gasteiger partial charge is 0.326 e. The number of hydrogen-bond donors (Lipinski definition) is 1. The van der Waals surface area contributed by atoms with Crippen LogP contribution in [-0.2, 0) is 4.79 Å².